The van der Waals surface area contributed by atoms with Gasteiger partial charge in [-0.15, -0.1) is 0 Å². The van der Waals surface area contributed by atoms with Crippen molar-refractivity contribution in [2.75, 3.05) is 13.2 Å². The lowest BCUT2D eigenvalue weighted by Gasteiger charge is -2.49. The van der Waals surface area contributed by atoms with Crippen molar-refractivity contribution in [3.05, 3.63) is 34.9 Å². The zero-order valence-electron chi connectivity index (χ0n) is 11.0. The minimum absolute atomic E-state index is 0.139. The number of nitriles is 1. The van der Waals surface area contributed by atoms with Gasteiger partial charge < -0.3 is 4.74 Å². The Kier molecular flexibility index (Phi) is 2.75. The maximum atomic E-state index is 9.37. The SMILES string of the molecule is Cc1ccc(C2(C(C)(C)C#N)COC2)cc1C. The van der Waals surface area contributed by atoms with Crippen molar-refractivity contribution in [2.24, 2.45) is 5.41 Å². The highest BCUT2D eigenvalue weighted by molar-refractivity contribution is 5.39. The smallest absolute Gasteiger partial charge is 0.0695 e. The van der Waals surface area contributed by atoms with Crippen LogP contribution in [0.4, 0.5) is 0 Å². The minimum atomic E-state index is -0.396. The second-order valence-corrected chi connectivity index (χ2v) is 5.61. The number of hydrogen-bond acceptors (Lipinski definition) is 2. The summed E-state index contributed by atoms with van der Waals surface area (Å²) in [6, 6.07) is 8.92. The third-order valence-corrected chi connectivity index (χ3v) is 4.23. The van der Waals surface area contributed by atoms with E-state index < -0.39 is 5.41 Å². The Morgan fingerprint density at radius 1 is 1.24 bits per heavy atom. The first kappa shape index (κ1) is 12.1. The van der Waals surface area contributed by atoms with Gasteiger partial charge in [-0.25, -0.2) is 0 Å². The summed E-state index contributed by atoms with van der Waals surface area (Å²) in [5.41, 5.74) is 3.27. The normalized spacial score (nSPS) is 18.3. The number of rotatable bonds is 2. The maximum absolute atomic E-state index is 9.37. The summed E-state index contributed by atoms with van der Waals surface area (Å²) in [5, 5.41) is 9.37. The van der Waals surface area contributed by atoms with Crippen molar-refractivity contribution in [1.29, 1.82) is 5.26 Å². The van der Waals surface area contributed by atoms with Gasteiger partial charge in [0.05, 0.1) is 30.1 Å². The van der Waals surface area contributed by atoms with E-state index in [2.05, 4.69) is 38.1 Å². The summed E-state index contributed by atoms with van der Waals surface area (Å²) < 4.78 is 5.40. The Balaban J connectivity index is 2.50. The fourth-order valence-electron chi connectivity index (χ4n) is 2.34. The number of hydrogen-bond donors (Lipinski definition) is 0. The van der Waals surface area contributed by atoms with Crippen LogP contribution in [-0.4, -0.2) is 13.2 Å². The van der Waals surface area contributed by atoms with Crippen LogP contribution in [0.1, 0.15) is 30.5 Å². The molecule has 0 atom stereocenters. The molecule has 0 aliphatic carbocycles. The molecule has 17 heavy (non-hydrogen) atoms. The van der Waals surface area contributed by atoms with Crippen LogP contribution in [0.25, 0.3) is 0 Å². The van der Waals surface area contributed by atoms with Gasteiger partial charge in [0.15, 0.2) is 0 Å². The van der Waals surface area contributed by atoms with Gasteiger partial charge in [-0.3, -0.25) is 0 Å². The van der Waals surface area contributed by atoms with E-state index in [4.69, 9.17) is 4.74 Å². The topological polar surface area (TPSA) is 33.0 Å². The molecule has 1 aliphatic rings. The summed E-state index contributed by atoms with van der Waals surface area (Å²) in [5.74, 6) is 0. The molecule has 2 nitrogen and oxygen atoms in total. The average molecular weight is 229 g/mol. The Bertz CT molecular complexity index is 478. The van der Waals surface area contributed by atoms with Gasteiger partial charge in [0.1, 0.15) is 0 Å². The highest BCUT2D eigenvalue weighted by Crippen LogP contribution is 2.47. The summed E-state index contributed by atoms with van der Waals surface area (Å²) in [7, 11) is 0. The van der Waals surface area contributed by atoms with Crippen LogP contribution < -0.4 is 0 Å². The molecule has 0 saturated carbocycles. The van der Waals surface area contributed by atoms with Gasteiger partial charge in [0.2, 0.25) is 0 Å². The molecule has 0 spiro atoms. The van der Waals surface area contributed by atoms with E-state index in [0.29, 0.717) is 13.2 Å². The Hall–Kier alpha value is -1.33. The molecule has 2 heteroatoms. The fraction of sp³-hybridized carbons (Fsp3) is 0.533. The third kappa shape index (κ3) is 1.66. The predicted octanol–water partition coefficient (Wildman–Crippen LogP) is 3.12. The average Bonchev–Trinajstić information content (AvgIpc) is 2.21. The maximum Gasteiger partial charge on any atom is 0.0695 e. The van der Waals surface area contributed by atoms with Gasteiger partial charge in [0, 0.05) is 0 Å². The molecule has 1 saturated heterocycles. The number of ether oxygens (including phenoxy) is 1. The van der Waals surface area contributed by atoms with Crippen molar-refractivity contribution < 1.29 is 4.74 Å². The number of benzene rings is 1. The van der Waals surface area contributed by atoms with Crippen molar-refractivity contribution in [2.45, 2.75) is 33.1 Å². The van der Waals surface area contributed by atoms with Gasteiger partial charge in [-0.2, -0.15) is 5.26 Å². The van der Waals surface area contributed by atoms with Crippen molar-refractivity contribution >= 4 is 0 Å². The molecule has 0 bridgehead atoms. The van der Waals surface area contributed by atoms with Crippen LogP contribution in [0.3, 0.4) is 0 Å². The van der Waals surface area contributed by atoms with Crippen LogP contribution >= 0.6 is 0 Å². The molecule has 1 aromatic carbocycles. The second kappa shape index (κ2) is 3.85. The van der Waals surface area contributed by atoms with E-state index >= 15 is 0 Å². The van der Waals surface area contributed by atoms with Crippen LogP contribution in [0.5, 0.6) is 0 Å². The molecule has 0 radical (unpaired) electrons. The van der Waals surface area contributed by atoms with Crippen LogP contribution in [0.15, 0.2) is 18.2 Å². The van der Waals surface area contributed by atoms with Crippen molar-refractivity contribution in [1.82, 2.24) is 0 Å². The molecule has 0 amide bonds. The summed E-state index contributed by atoms with van der Waals surface area (Å²) >= 11 is 0. The van der Waals surface area contributed by atoms with Crippen molar-refractivity contribution in [3.8, 4) is 6.07 Å². The van der Waals surface area contributed by atoms with E-state index in [1.807, 2.05) is 13.8 Å². The van der Waals surface area contributed by atoms with E-state index in [9.17, 15) is 5.26 Å². The van der Waals surface area contributed by atoms with Gasteiger partial charge in [-0.1, -0.05) is 18.2 Å². The van der Waals surface area contributed by atoms with E-state index in [1.54, 1.807) is 0 Å². The molecule has 0 N–H and O–H groups in total. The quantitative estimate of drug-likeness (QED) is 0.780. The van der Waals surface area contributed by atoms with Crippen LogP contribution in [0.2, 0.25) is 0 Å². The summed E-state index contributed by atoms with van der Waals surface area (Å²) in [6.07, 6.45) is 0. The lowest BCUT2D eigenvalue weighted by molar-refractivity contribution is -0.102. The van der Waals surface area contributed by atoms with Gasteiger partial charge >= 0.3 is 0 Å². The number of aryl methyl sites for hydroxylation is 2. The van der Waals surface area contributed by atoms with Crippen LogP contribution in [0, 0.1) is 30.6 Å². The lowest BCUT2D eigenvalue weighted by Crippen LogP contribution is -2.56. The lowest BCUT2D eigenvalue weighted by atomic mass is 9.61. The zero-order chi connectivity index (χ0) is 12.7. The molecule has 1 fully saturated rings. The van der Waals surface area contributed by atoms with Gasteiger partial charge in [0.25, 0.3) is 0 Å². The summed E-state index contributed by atoms with van der Waals surface area (Å²) in [4.78, 5) is 0. The summed E-state index contributed by atoms with van der Waals surface area (Å²) in [6.45, 7) is 9.53. The van der Waals surface area contributed by atoms with Gasteiger partial charge in [-0.05, 0) is 44.4 Å². The molecule has 0 unspecified atom stereocenters. The van der Waals surface area contributed by atoms with E-state index in [-0.39, 0.29) is 5.41 Å². The molecule has 0 aromatic heterocycles. The Morgan fingerprint density at radius 2 is 1.88 bits per heavy atom. The highest BCUT2D eigenvalue weighted by Gasteiger charge is 2.52. The molecule has 1 heterocycles. The minimum Gasteiger partial charge on any atom is -0.379 e. The molecule has 1 aliphatic heterocycles. The van der Waals surface area contributed by atoms with Crippen molar-refractivity contribution in [3.63, 3.8) is 0 Å². The second-order valence-electron chi connectivity index (χ2n) is 5.61. The zero-order valence-corrected chi connectivity index (χ0v) is 11.0. The largest absolute Gasteiger partial charge is 0.379 e. The highest BCUT2D eigenvalue weighted by atomic mass is 16.5. The molecule has 90 valence electrons. The molecule has 1 aromatic rings. The first-order valence-corrected chi connectivity index (χ1v) is 6.00. The fourth-order valence-corrected chi connectivity index (χ4v) is 2.34. The predicted molar refractivity (Wildman–Crippen MR) is 67.8 cm³/mol. The third-order valence-electron chi connectivity index (χ3n) is 4.23. The first-order chi connectivity index (χ1) is 7.93. The molecular weight excluding hydrogens is 210 g/mol. The Morgan fingerprint density at radius 3 is 2.29 bits per heavy atom. The first-order valence-electron chi connectivity index (χ1n) is 6.00. The standard InChI is InChI=1S/C15H19NO/c1-11-5-6-13(7-12(11)2)15(9-17-10-15)14(3,4)8-16/h5-7H,9-10H2,1-4H3. The monoisotopic (exact) mass is 229 g/mol. The van der Waals surface area contributed by atoms with E-state index in [1.165, 1.54) is 16.7 Å². The molecule has 2 rings (SSSR count). The van der Waals surface area contributed by atoms with E-state index in [0.717, 1.165) is 0 Å². The number of nitrogens with zero attached hydrogens (tertiary/aromatic N) is 1. The molecular formula is C15H19NO. The Labute approximate surface area is 103 Å². The van der Waals surface area contributed by atoms with Crippen LogP contribution in [-0.2, 0) is 10.2 Å².